The molecule has 1 rings (SSSR count). The molecule has 0 aromatic heterocycles. The molecule has 0 amide bonds. The van der Waals surface area contributed by atoms with Crippen LogP contribution in [0.1, 0.15) is 0 Å². The van der Waals surface area contributed by atoms with E-state index in [-0.39, 0.29) is 18.4 Å². The summed E-state index contributed by atoms with van der Waals surface area (Å²) in [6, 6.07) is 0. The summed E-state index contributed by atoms with van der Waals surface area (Å²) in [6.45, 7) is 0.0138. The molecule has 0 bridgehead atoms. The third-order valence-corrected chi connectivity index (χ3v) is 1.79. The van der Waals surface area contributed by atoms with Crippen LogP contribution in [0.15, 0.2) is 0 Å². The van der Waals surface area contributed by atoms with Gasteiger partial charge in [-0.05, 0) is 0 Å². The molecular weight excluding hydrogens is 112 g/mol. The molecule has 3 nitrogen and oxygen atoms in total. The Morgan fingerprint density at radius 2 is 2.57 bits per heavy atom. The van der Waals surface area contributed by atoms with Crippen LogP contribution in [0.3, 0.4) is 0 Å². The van der Waals surface area contributed by atoms with Crippen LogP contribution < -0.4 is 0 Å². The minimum absolute atomic E-state index is 0.0138. The van der Waals surface area contributed by atoms with Crippen LogP contribution >= 0.6 is 0 Å². The van der Waals surface area contributed by atoms with Gasteiger partial charge in [-0.1, -0.05) is 0 Å². The Labute approximate surface area is 43.2 Å². The van der Waals surface area contributed by atoms with Gasteiger partial charge >= 0.3 is 0 Å². The SMILES string of the molecule is O=[SiH]C1OC1CO. The van der Waals surface area contributed by atoms with Crippen LogP contribution in [0.4, 0.5) is 0 Å². The molecule has 7 heavy (non-hydrogen) atoms. The lowest BCUT2D eigenvalue weighted by atomic mass is 10.5. The van der Waals surface area contributed by atoms with Crippen molar-refractivity contribution in [1.82, 2.24) is 0 Å². The van der Waals surface area contributed by atoms with E-state index in [1.54, 1.807) is 0 Å². The number of ether oxygens (including phenoxy) is 1. The molecule has 1 aliphatic heterocycles. The first-order valence-electron chi connectivity index (χ1n) is 2.10. The molecule has 0 saturated carbocycles. The standard InChI is InChI=1S/C3H6O3Si/c4-1-2-3(6-2)7-5/h2-4,7H,1H2. The molecule has 0 aromatic rings. The highest BCUT2D eigenvalue weighted by Gasteiger charge is 2.37. The van der Waals surface area contributed by atoms with Gasteiger partial charge in [0.2, 0.25) is 0 Å². The van der Waals surface area contributed by atoms with E-state index in [4.69, 9.17) is 5.11 Å². The predicted octanol–water partition coefficient (Wildman–Crippen LogP) is -1.51. The van der Waals surface area contributed by atoms with Crippen molar-refractivity contribution in [1.29, 1.82) is 0 Å². The largest absolute Gasteiger partial charge is 0.394 e. The normalized spacial score (nSPS) is 37.9. The maximum Gasteiger partial charge on any atom is 0.294 e. The van der Waals surface area contributed by atoms with Crippen molar-refractivity contribution in [2.45, 2.75) is 11.8 Å². The van der Waals surface area contributed by atoms with Crippen LogP contribution in [0.2, 0.25) is 0 Å². The van der Waals surface area contributed by atoms with E-state index >= 15 is 0 Å². The summed E-state index contributed by atoms with van der Waals surface area (Å²) >= 11 is 0. The predicted molar refractivity (Wildman–Crippen MR) is 23.6 cm³/mol. The van der Waals surface area contributed by atoms with Gasteiger partial charge < -0.3 is 14.3 Å². The molecule has 40 valence electrons. The van der Waals surface area contributed by atoms with Crippen molar-refractivity contribution in [3.05, 3.63) is 0 Å². The fourth-order valence-corrected chi connectivity index (χ4v) is 0.986. The zero-order valence-corrected chi connectivity index (χ0v) is 4.86. The topological polar surface area (TPSA) is 49.8 Å². The molecule has 1 heterocycles. The van der Waals surface area contributed by atoms with E-state index in [1.807, 2.05) is 0 Å². The van der Waals surface area contributed by atoms with Crippen LogP contribution in [0.25, 0.3) is 0 Å². The minimum atomic E-state index is -0.825. The van der Waals surface area contributed by atoms with Gasteiger partial charge in [-0.25, -0.2) is 0 Å². The first-order chi connectivity index (χ1) is 3.38. The third kappa shape index (κ3) is 0.932. The number of aliphatic hydroxyl groups excluding tert-OH is 1. The quantitative estimate of drug-likeness (QED) is 0.354. The van der Waals surface area contributed by atoms with E-state index in [0.29, 0.717) is 0 Å². The van der Waals surface area contributed by atoms with Crippen molar-refractivity contribution in [2.75, 3.05) is 6.61 Å². The van der Waals surface area contributed by atoms with E-state index in [1.165, 1.54) is 0 Å². The molecule has 1 N–H and O–H groups in total. The average molecular weight is 118 g/mol. The summed E-state index contributed by atoms with van der Waals surface area (Å²) in [5.41, 5.74) is -0.106. The van der Waals surface area contributed by atoms with Crippen LogP contribution in [0.5, 0.6) is 0 Å². The number of hydrogen-bond acceptors (Lipinski definition) is 3. The number of epoxide rings is 1. The Morgan fingerprint density at radius 3 is 2.71 bits per heavy atom. The first-order valence-corrected chi connectivity index (χ1v) is 3.24. The highest BCUT2D eigenvalue weighted by molar-refractivity contribution is 6.20. The maximum absolute atomic E-state index is 9.91. The number of hydrogen-bond donors (Lipinski definition) is 1. The second kappa shape index (κ2) is 1.81. The lowest BCUT2D eigenvalue weighted by Crippen LogP contribution is -1.99. The average Bonchev–Trinajstić information content (AvgIpc) is 2.43. The summed E-state index contributed by atoms with van der Waals surface area (Å²) in [7, 11) is -0.825. The van der Waals surface area contributed by atoms with Gasteiger partial charge in [0.05, 0.1) is 6.61 Å². The van der Waals surface area contributed by atoms with Crippen LogP contribution in [-0.4, -0.2) is 33.0 Å². The van der Waals surface area contributed by atoms with Crippen LogP contribution in [-0.2, 0) is 9.20 Å². The Bertz CT molecular complexity index is 84.2. The lowest BCUT2D eigenvalue weighted by molar-refractivity contribution is 0.243. The molecule has 0 radical (unpaired) electrons. The highest BCUT2D eigenvalue weighted by atomic mass is 28.2. The van der Waals surface area contributed by atoms with E-state index in [2.05, 4.69) is 4.74 Å². The van der Waals surface area contributed by atoms with Gasteiger partial charge in [0.15, 0.2) is 0 Å². The van der Waals surface area contributed by atoms with Crippen molar-refractivity contribution in [2.24, 2.45) is 0 Å². The summed E-state index contributed by atoms with van der Waals surface area (Å²) in [6.07, 6.45) is -0.104. The van der Waals surface area contributed by atoms with Gasteiger partial charge in [-0.3, -0.25) is 0 Å². The van der Waals surface area contributed by atoms with Gasteiger partial charge in [0.25, 0.3) is 9.41 Å². The fourth-order valence-electron chi connectivity index (χ4n) is 0.423. The summed E-state index contributed by atoms with van der Waals surface area (Å²) in [5.74, 6) is 0. The van der Waals surface area contributed by atoms with Crippen molar-refractivity contribution < 1.29 is 14.3 Å². The number of rotatable bonds is 2. The Hall–Kier alpha value is -0.0631. The van der Waals surface area contributed by atoms with Gasteiger partial charge in [-0.15, -0.1) is 0 Å². The summed E-state index contributed by atoms with van der Waals surface area (Å²) in [5, 5.41) is 8.26. The van der Waals surface area contributed by atoms with E-state index in [0.717, 1.165) is 0 Å². The lowest BCUT2D eigenvalue weighted by Gasteiger charge is -1.72. The molecule has 0 aromatic carbocycles. The number of aliphatic hydroxyl groups is 1. The summed E-state index contributed by atoms with van der Waals surface area (Å²) < 4.78 is 14.6. The monoisotopic (exact) mass is 118 g/mol. The van der Waals surface area contributed by atoms with E-state index in [9.17, 15) is 4.46 Å². The van der Waals surface area contributed by atoms with Crippen molar-refractivity contribution >= 4 is 9.41 Å². The van der Waals surface area contributed by atoms with Gasteiger partial charge in [-0.2, -0.15) is 0 Å². The molecule has 2 unspecified atom stereocenters. The smallest absolute Gasteiger partial charge is 0.294 e. The van der Waals surface area contributed by atoms with Crippen molar-refractivity contribution in [3.63, 3.8) is 0 Å². The summed E-state index contributed by atoms with van der Waals surface area (Å²) in [4.78, 5) is 0. The Balaban J connectivity index is 2.17. The second-order valence-corrected chi connectivity index (χ2v) is 2.39. The molecule has 1 fully saturated rings. The minimum Gasteiger partial charge on any atom is -0.394 e. The molecule has 1 saturated heterocycles. The second-order valence-electron chi connectivity index (χ2n) is 1.46. The maximum atomic E-state index is 9.91. The van der Waals surface area contributed by atoms with E-state index < -0.39 is 9.41 Å². The zero-order valence-electron chi connectivity index (χ0n) is 3.70. The molecular formula is C3H6O3Si. The van der Waals surface area contributed by atoms with Crippen molar-refractivity contribution in [3.8, 4) is 0 Å². The van der Waals surface area contributed by atoms with Gasteiger partial charge in [0.1, 0.15) is 11.8 Å². The van der Waals surface area contributed by atoms with Gasteiger partial charge in [0, 0.05) is 0 Å². The highest BCUT2D eigenvalue weighted by Crippen LogP contribution is 2.16. The molecule has 2 atom stereocenters. The zero-order chi connectivity index (χ0) is 5.28. The first kappa shape index (κ1) is 5.08. The molecule has 0 aliphatic carbocycles. The van der Waals surface area contributed by atoms with Crippen LogP contribution in [0, 0.1) is 0 Å². The Kier molecular flexibility index (Phi) is 1.32. The third-order valence-electron chi connectivity index (χ3n) is 0.936. The Morgan fingerprint density at radius 1 is 1.86 bits per heavy atom. The molecule has 0 spiro atoms. The molecule has 4 heteroatoms. The molecule has 1 aliphatic rings. The fraction of sp³-hybridized carbons (Fsp3) is 1.00.